The second-order valence-electron chi connectivity index (χ2n) is 4.98. The van der Waals surface area contributed by atoms with E-state index in [9.17, 15) is 18.0 Å². The molecule has 2 N–H and O–H groups in total. The van der Waals surface area contributed by atoms with Crippen LogP contribution < -0.4 is 10.6 Å². The molecule has 0 aromatic heterocycles. The number of carbonyl (C=O) groups is 1. The van der Waals surface area contributed by atoms with E-state index in [4.69, 9.17) is 0 Å². The Morgan fingerprint density at radius 1 is 1.15 bits per heavy atom. The summed E-state index contributed by atoms with van der Waals surface area (Å²) in [6.07, 6.45) is 0.248. The quantitative estimate of drug-likeness (QED) is 0.597. The van der Waals surface area contributed by atoms with E-state index in [1.807, 2.05) is 13.8 Å². The lowest BCUT2D eigenvalue weighted by molar-refractivity contribution is -0.121. The molecule has 0 unspecified atom stereocenters. The molecule has 0 fully saturated rings. The van der Waals surface area contributed by atoms with Crippen LogP contribution in [0.25, 0.3) is 0 Å². The maximum Gasteiger partial charge on any atom is 0.221 e. The van der Waals surface area contributed by atoms with Gasteiger partial charge in [-0.25, -0.2) is 13.2 Å². The predicted molar refractivity (Wildman–Crippen MR) is 70.5 cm³/mol. The fourth-order valence-corrected chi connectivity index (χ4v) is 1.53. The summed E-state index contributed by atoms with van der Waals surface area (Å²) in [6.45, 7) is 4.97. The topological polar surface area (TPSA) is 41.1 Å². The largest absolute Gasteiger partial charge is 0.356 e. The maximum atomic E-state index is 13.3. The zero-order chi connectivity index (χ0) is 15.1. The SMILES string of the molecule is CC(C)CNC(=O)CCNCc1cc(F)c(F)cc1F. The monoisotopic (exact) mass is 288 g/mol. The number of amides is 1. The Kier molecular flexibility index (Phi) is 6.51. The van der Waals surface area contributed by atoms with E-state index in [1.165, 1.54) is 0 Å². The average molecular weight is 288 g/mol. The molecular weight excluding hydrogens is 269 g/mol. The third-order valence-corrected chi connectivity index (χ3v) is 2.64. The molecule has 0 saturated carbocycles. The van der Waals surface area contributed by atoms with Gasteiger partial charge < -0.3 is 10.6 Å². The van der Waals surface area contributed by atoms with E-state index in [1.54, 1.807) is 0 Å². The lowest BCUT2D eigenvalue weighted by Gasteiger charge is -2.09. The number of carbonyl (C=O) groups excluding carboxylic acids is 1. The molecule has 1 amide bonds. The molecule has 0 radical (unpaired) electrons. The van der Waals surface area contributed by atoms with Crippen LogP contribution in [0.4, 0.5) is 13.2 Å². The summed E-state index contributed by atoms with van der Waals surface area (Å²) in [5, 5.41) is 5.56. The van der Waals surface area contributed by atoms with Gasteiger partial charge in [0.15, 0.2) is 11.6 Å². The summed E-state index contributed by atoms with van der Waals surface area (Å²) < 4.78 is 39.0. The number of hydrogen-bond donors (Lipinski definition) is 2. The molecule has 0 aliphatic rings. The Morgan fingerprint density at radius 2 is 1.80 bits per heavy atom. The molecule has 0 atom stereocenters. The minimum atomic E-state index is -1.21. The van der Waals surface area contributed by atoms with E-state index >= 15 is 0 Å². The summed E-state index contributed by atoms with van der Waals surface area (Å²) >= 11 is 0. The van der Waals surface area contributed by atoms with Crippen LogP contribution in [-0.4, -0.2) is 19.0 Å². The zero-order valence-electron chi connectivity index (χ0n) is 11.6. The van der Waals surface area contributed by atoms with Gasteiger partial charge >= 0.3 is 0 Å². The molecular formula is C14H19F3N2O. The molecule has 0 bridgehead atoms. The van der Waals surface area contributed by atoms with E-state index in [2.05, 4.69) is 10.6 Å². The van der Waals surface area contributed by atoms with E-state index in [0.29, 0.717) is 25.1 Å². The van der Waals surface area contributed by atoms with Gasteiger partial charge in [-0.3, -0.25) is 4.79 Å². The van der Waals surface area contributed by atoms with E-state index in [0.717, 1.165) is 6.07 Å². The van der Waals surface area contributed by atoms with Crippen LogP contribution in [0, 0.1) is 23.4 Å². The van der Waals surface area contributed by atoms with Gasteiger partial charge in [0, 0.05) is 37.7 Å². The highest BCUT2D eigenvalue weighted by Gasteiger charge is 2.09. The lowest BCUT2D eigenvalue weighted by Crippen LogP contribution is -2.30. The fourth-order valence-electron chi connectivity index (χ4n) is 1.53. The van der Waals surface area contributed by atoms with E-state index in [-0.39, 0.29) is 24.4 Å². The summed E-state index contributed by atoms with van der Waals surface area (Å²) in [7, 11) is 0. The Labute approximate surface area is 116 Å². The van der Waals surface area contributed by atoms with Crippen LogP contribution in [0.5, 0.6) is 0 Å². The van der Waals surface area contributed by atoms with Gasteiger partial charge in [-0.2, -0.15) is 0 Å². The van der Waals surface area contributed by atoms with Gasteiger partial charge in [0.05, 0.1) is 0 Å². The van der Waals surface area contributed by atoms with Crippen LogP contribution in [0.15, 0.2) is 12.1 Å². The third-order valence-electron chi connectivity index (χ3n) is 2.64. The van der Waals surface area contributed by atoms with Crippen molar-refractivity contribution in [3.05, 3.63) is 35.1 Å². The third kappa shape index (κ3) is 5.61. The van der Waals surface area contributed by atoms with Gasteiger partial charge in [-0.05, 0) is 12.0 Å². The van der Waals surface area contributed by atoms with Crippen LogP contribution in [-0.2, 0) is 11.3 Å². The van der Waals surface area contributed by atoms with Crippen molar-refractivity contribution < 1.29 is 18.0 Å². The first-order valence-electron chi connectivity index (χ1n) is 6.51. The van der Waals surface area contributed by atoms with Gasteiger partial charge in [0.1, 0.15) is 5.82 Å². The molecule has 20 heavy (non-hydrogen) atoms. The molecule has 0 aliphatic heterocycles. The van der Waals surface area contributed by atoms with Crippen LogP contribution in [0.3, 0.4) is 0 Å². The molecule has 0 saturated heterocycles. The zero-order valence-corrected chi connectivity index (χ0v) is 11.6. The minimum absolute atomic E-state index is 0.0338. The van der Waals surface area contributed by atoms with Crippen molar-refractivity contribution in [1.82, 2.24) is 10.6 Å². The molecule has 6 heteroatoms. The Bertz CT molecular complexity index is 464. The van der Waals surface area contributed by atoms with Crippen molar-refractivity contribution in [3.63, 3.8) is 0 Å². The maximum absolute atomic E-state index is 13.3. The second-order valence-corrected chi connectivity index (χ2v) is 4.98. The Balaban J connectivity index is 2.31. The lowest BCUT2D eigenvalue weighted by atomic mass is 10.2. The molecule has 3 nitrogen and oxygen atoms in total. The smallest absolute Gasteiger partial charge is 0.221 e. The van der Waals surface area contributed by atoms with Crippen molar-refractivity contribution in [2.45, 2.75) is 26.8 Å². The number of benzene rings is 1. The van der Waals surface area contributed by atoms with Gasteiger partial charge in [-0.1, -0.05) is 13.8 Å². The van der Waals surface area contributed by atoms with Crippen LogP contribution in [0.1, 0.15) is 25.8 Å². The minimum Gasteiger partial charge on any atom is -0.356 e. The molecule has 0 spiro atoms. The molecule has 1 rings (SSSR count). The fraction of sp³-hybridized carbons (Fsp3) is 0.500. The molecule has 1 aromatic rings. The number of nitrogens with one attached hydrogen (secondary N) is 2. The van der Waals surface area contributed by atoms with Crippen molar-refractivity contribution in [2.24, 2.45) is 5.92 Å². The molecule has 0 heterocycles. The number of halogens is 3. The van der Waals surface area contributed by atoms with Crippen molar-refractivity contribution >= 4 is 5.91 Å². The first kappa shape index (κ1) is 16.5. The van der Waals surface area contributed by atoms with Crippen LogP contribution in [0.2, 0.25) is 0 Å². The van der Waals surface area contributed by atoms with Crippen molar-refractivity contribution in [2.75, 3.05) is 13.1 Å². The summed E-state index contributed by atoms with van der Waals surface area (Å²) in [6, 6.07) is 1.33. The second kappa shape index (κ2) is 7.89. The predicted octanol–water partition coefficient (Wildman–Crippen LogP) is 2.36. The first-order chi connectivity index (χ1) is 9.40. The molecule has 0 aliphatic carbocycles. The van der Waals surface area contributed by atoms with Gasteiger partial charge in [0.2, 0.25) is 5.91 Å². The van der Waals surface area contributed by atoms with Crippen molar-refractivity contribution in [3.8, 4) is 0 Å². The van der Waals surface area contributed by atoms with Crippen molar-refractivity contribution in [1.29, 1.82) is 0 Å². The Morgan fingerprint density at radius 3 is 2.45 bits per heavy atom. The van der Waals surface area contributed by atoms with Crippen LogP contribution >= 0.6 is 0 Å². The normalized spacial score (nSPS) is 10.9. The first-order valence-corrected chi connectivity index (χ1v) is 6.51. The highest BCUT2D eigenvalue weighted by atomic mass is 19.2. The number of rotatable bonds is 7. The van der Waals surface area contributed by atoms with Gasteiger partial charge in [-0.15, -0.1) is 0 Å². The summed E-state index contributed by atoms with van der Waals surface area (Å²) in [4.78, 5) is 11.4. The summed E-state index contributed by atoms with van der Waals surface area (Å²) in [5.41, 5.74) is 0.0338. The summed E-state index contributed by atoms with van der Waals surface area (Å²) in [5.74, 6) is -2.82. The standard InChI is InChI=1S/C14H19F3N2O/c1-9(2)7-19-14(20)3-4-18-8-10-5-12(16)13(17)6-11(10)15/h5-6,9,18H,3-4,7-8H2,1-2H3,(H,19,20). The Hall–Kier alpha value is -1.56. The molecule has 1 aromatic carbocycles. The van der Waals surface area contributed by atoms with Gasteiger partial charge in [0.25, 0.3) is 0 Å². The highest BCUT2D eigenvalue weighted by molar-refractivity contribution is 5.76. The highest BCUT2D eigenvalue weighted by Crippen LogP contribution is 2.13. The van der Waals surface area contributed by atoms with E-state index < -0.39 is 17.5 Å². The molecule has 112 valence electrons. The number of hydrogen-bond acceptors (Lipinski definition) is 2. The average Bonchev–Trinajstić information content (AvgIpc) is 2.37.